The highest BCUT2D eigenvalue weighted by molar-refractivity contribution is 7.89. The normalized spacial score (nSPS) is 16.0. The van der Waals surface area contributed by atoms with Crippen LogP contribution in [0.15, 0.2) is 52.3 Å². The van der Waals surface area contributed by atoms with Crippen molar-refractivity contribution in [3.8, 4) is 0 Å². The van der Waals surface area contributed by atoms with Gasteiger partial charge in [-0.2, -0.15) is 4.31 Å². The number of hydrogen-bond donors (Lipinski definition) is 1. The van der Waals surface area contributed by atoms with Gasteiger partial charge in [0.15, 0.2) is 0 Å². The second-order valence-corrected chi connectivity index (χ2v) is 11.8. The summed E-state index contributed by atoms with van der Waals surface area (Å²) in [6.45, 7) is 0.912. The van der Waals surface area contributed by atoms with E-state index in [4.69, 9.17) is 0 Å². The molecule has 174 valence electrons. The third kappa shape index (κ3) is 5.17. The summed E-state index contributed by atoms with van der Waals surface area (Å²) in [6.07, 6.45) is 3.59. The minimum atomic E-state index is -4.08. The van der Waals surface area contributed by atoms with Gasteiger partial charge >= 0.3 is 0 Å². The molecule has 1 saturated heterocycles. The van der Waals surface area contributed by atoms with E-state index in [0.29, 0.717) is 13.1 Å². The number of amides is 1. The van der Waals surface area contributed by atoms with Gasteiger partial charge in [0.25, 0.3) is 5.91 Å². The van der Waals surface area contributed by atoms with Crippen LogP contribution in [0.4, 0.5) is 10.1 Å². The summed E-state index contributed by atoms with van der Waals surface area (Å²) in [4.78, 5) is 12.1. The van der Waals surface area contributed by atoms with Crippen molar-refractivity contribution in [1.82, 2.24) is 8.61 Å². The molecule has 8 nitrogen and oxygen atoms in total. The smallest absolute Gasteiger partial charge is 0.255 e. The van der Waals surface area contributed by atoms with E-state index in [1.165, 1.54) is 42.7 Å². The van der Waals surface area contributed by atoms with Crippen LogP contribution < -0.4 is 5.32 Å². The van der Waals surface area contributed by atoms with Crippen LogP contribution in [-0.4, -0.2) is 58.5 Å². The maximum absolute atomic E-state index is 14.1. The van der Waals surface area contributed by atoms with Crippen LogP contribution in [0, 0.1) is 5.82 Å². The summed E-state index contributed by atoms with van der Waals surface area (Å²) in [5, 5.41) is 2.56. The predicted molar refractivity (Wildman–Crippen MR) is 119 cm³/mol. The van der Waals surface area contributed by atoms with E-state index in [1.807, 2.05) is 0 Å². The van der Waals surface area contributed by atoms with Gasteiger partial charge in [-0.25, -0.2) is 25.5 Å². The highest BCUT2D eigenvalue weighted by atomic mass is 32.2. The first-order valence-electron chi connectivity index (χ1n) is 10.2. The minimum absolute atomic E-state index is 0.0622. The Hall–Kier alpha value is -2.34. The number of anilines is 1. The van der Waals surface area contributed by atoms with Crippen molar-refractivity contribution in [2.24, 2.45) is 0 Å². The van der Waals surface area contributed by atoms with Crippen molar-refractivity contribution in [2.75, 3.05) is 32.5 Å². The number of carbonyl (C=O) groups excluding carboxylic acids is 1. The first-order valence-corrected chi connectivity index (χ1v) is 13.0. The van der Waals surface area contributed by atoms with Crippen molar-refractivity contribution in [1.29, 1.82) is 0 Å². The standard InChI is InChI=1S/C21H26FN3O5S2/c1-24(2)32(29,30)20-14-16(10-11-19(20)22)21(26)23-17-8-7-9-18(15-17)31(27,28)25-12-5-3-4-6-13-25/h7-11,14-15H,3-6,12-13H2,1-2H3,(H,23,26). The van der Waals surface area contributed by atoms with Gasteiger partial charge in [0, 0.05) is 38.4 Å². The molecule has 11 heteroatoms. The van der Waals surface area contributed by atoms with Gasteiger partial charge in [-0.15, -0.1) is 0 Å². The van der Waals surface area contributed by atoms with Gasteiger partial charge in [-0.05, 0) is 49.2 Å². The van der Waals surface area contributed by atoms with Crippen molar-refractivity contribution in [3.05, 3.63) is 53.8 Å². The summed E-state index contributed by atoms with van der Waals surface area (Å²) >= 11 is 0. The molecule has 0 aromatic heterocycles. The lowest BCUT2D eigenvalue weighted by molar-refractivity contribution is 0.102. The molecule has 1 fully saturated rings. The number of halogens is 1. The summed E-state index contributed by atoms with van der Waals surface area (Å²) in [7, 11) is -5.26. The molecule has 2 aromatic rings. The molecule has 0 saturated carbocycles. The zero-order chi connectivity index (χ0) is 23.5. The van der Waals surface area contributed by atoms with Gasteiger partial charge < -0.3 is 5.32 Å². The third-order valence-electron chi connectivity index (χ3n) is 5.25. The molecule has 3 rings (SSSR count). The molecule has 0 atom stereocenters. The first-order chi connectivity index (χ1) is 15.0. The van der Waals surface area contributed by atoms with E-state index in [0.717, 1.165) is 48.2 Å². The van der Waals surface area contributed by atoms with Crippen LogP contribution in [0.5, 0.6) is 0 Å². The molecule has 0 radical (unpaired) electrons. The number of nitrogens with zero attached hydrogens (tertiary/aromatic N) is 2. The number of nitrogens with one attached hydrogen (secondary N) is 1. The van der Waals surface area contributed by atoms with Crippen molar-refractivity contribution in [3.63, 3.8) is 0 Å². The molecule has 1 aliphatic heterocycles. The number of carbonyl (C=O) groups is 1. The zero-order valence-corrected chi connectivity index (χ0v) is 19.5. The second kappa shape index (κ2) is 9.65. The molecular weight excluding hydrogens is 457 g/mol. The Bertz CT molecular complexity index is 1210. The number of sulfonamides is 2. The lowest BCUT2D eigenvalue weighted by Gasteiger charge is -2.20. The van der Waals surface area contributed by atoms with E-state index >= 15 is 0 Å². The average molecular weight is 484 g/mol. The molecule has 0 unspecified atom stereocenters. The Kier molecular flexibility index (Phi) is 7.33. The molecule has 1 heterocycles. The molecule has 32 heavy (non-hydrogen) atoms. The van der Waals surface area contributed by atoms with Crippen molar-refractivity contribution in [2.45, 2.75) is 35.5 Å². The fourth-order valence-electron chi connectivity index (χ4n) is 3.41. The average Bonchev–Trinajstić information content (AvgIpc) is 3.04. The van der Waals surface area contributed by atoms with E-state index in [-0.39, 0.29) is 16.1 Å². The summed E-state index contributed by atoms with van der Waals surface area (Å²) in [5.41, 5.74) is 0.153. The van der Waals surface area contributed by atoms with Crippen molar-refractivity contribution < 1.29 is 26.0 Å². The monoisotopic (exact) mass is 483 g/mol. The molecule has 1 aliphatic rings. The zero-order valence-electron chi connectivity index (χ0n) is 17.9. The molecule has 1 amide bonds. The quantitative estimate of drug-likeness (QED) is 0.680. The van der Waals surface area contributed by atoms with Crippen LogP contribution >= 0.6 is 0 Å². The van der Waals surface area contributed by atoms with Crippen LogP contribution in [-0.2, 0) is 20.0 Å². The minimum Gasteiger partial charge on any atom is -0.322 e. The van der Waals surface area contributed by atoms with E-state index < -0.39 is 36.7 Å². The fourth-order valence-corrected chi connectivity index (χ4v) is 5.95. The maximum atomic E-state index is 14.1. The van der Waals surface area contributed by atoms with Gasteiger partial charge in [-0.3, -0.25) is 4.79 Å². The Morgan fingerprint density at radius 1 is 0.969 bits per heavy atom. The summed E-state index contributed by atoms with van der Waals surface area (Å²) < 4.78 is 67.0. The fraction of sp³-hybridized carbons (Fsp3) is 0.381. The van der Waals surface area contributed by atoms with Gasteiger partial charge in [-0.1, -0.05) is 18.9 Å². The lowest BCUT2D eigenvalue weighted by atomic mass is 10.2. The SMILES string of the molecule is CN(C)S(=O)(=O)c1cc(C(=O)Nc2cccc(S(=O)(=O)N3CCCCCC3)c2)ccc1F. The van der Waals surface area contributed by atoms with E-state index in [2.05, 4.69) is 5.32 Å². The Morgan fingerprint density at radius 2 is 1.62 bits per heavy atom. The van der Waals surface area contributed by atoms with Crippen LogP contribution in [0.2, 0.25) is 0 Å². The lowest BCUT2D eigenvalue weighted by Crippen LogP contribution is -2.32. The Labute approximate surface area is 188 Å². The first kappa shape index (κ1) is 24.3. The highest BCUT2D eigenvalue weighted by Gasteiger charge is 2.26. The van der Waals surface area contributed by atoms with Gasteiger partial charge in [0.1, 0.15) is 10.7 Å². The highest BCUT2D eigenvalue weighted by Crippen LogP contribution is 2.24. The second-order valence-electron chi connectivity index (χ2n) is 7.73. The van der Waals surface area contributed by atoms with Crippen LogP contribution in [0.1, 0.15) is 36.0 Å². The number of benzene rings is 2. The van der Waals surface area contributed by atoms with E-state index in [1.54, 1.807) is 0 Å². The molecule has 0 bridgehead atoms. The van der Waals surface area contributed by atoms with Crippen molar-refractivity contribution >= 4 is 31.6 Å². The topological polar surface area (TPSA) is 104 Å². The number of rotatable bonds is 6. The molecule has 0 aliphatic carbocycles. The largest absolute Gasteiger partial charge is 0.322 e. The number of hydrogen-bond acceptors (Lipinski definition) is 5. The Balaban J connectivity index is 1.85. The van der Waals surface area contributed by atoms with Crippen LogP contribution in [0.3, 0.4) is 0 Å². The summed E-state index contributed by atoms with van der Waals surface area (Å²) in [5.74, 6) is -1.66. The third-order valence-corrected chi connectivity index (χ3v) is 8.97. The molecule has 2 aromatic carbocycles. The molecule has 0 spiro atoms. The predicted octanol–water partition coefficient (Wildman–Crippen LogP) is 2.89. The summed E-state index contributed by atoms with van der Waals surface area (Å²) in [6, 6.07) is 8.91. The Morgan fingerprint density at radius 3 is 2.25 bits per heavy atom. The van der Waals surface area contributed by atoms with Gasteiger partial charge in [0.2, 0.25) is 20.0 Å². The van der Waals surface area contributed by atoms with E-state index in [9.17, 15) is 26.0 Å². The molecular formula is C21H26FN3O5S2. The van der Waals surface area contributed by atoms with Gasteiger partial charge in [0.05, 0.1) is 4.90 Å². The molecule has 1 N–H and O–H groups in total. The van der Waals surface area contributed by atoms with Crippen LogP contribution in [0.25, 0.3) is 0 Å². The maximum Gasteiger partial charge on any atom is 0.255 e.